The number of carbonyl (C=O) groups is 1. The normalized spacial score (nSPS) is 11.2. The number of hydrogen-bond donors (Lipinski definition) is 1. The zero-order valence-electron chi connectivity index (χ0n) is 6.08. The third kappa shape index (κ3) is 5.47. The predicted molar refractivity (Wildman–Crippen MR) is 33.9 cm³/mol. The second-order valence-corrected chi connectivity index (χ2v) is 2.20. The van der Waals surface area contributed by atoms with Crippen LogP contribution in [0.25, 0.3) is 0 Å². The van der Waals surface area contributed by atoms with Crippen LogP contribution in [0, 0.1) is 0 Å². The third-order valence-corrected chi connectivity index (χ3v) is 0.845. The van der Waals surface area contributed by atoms with Crippen molar-refractivity contribution in [3.63, 3.8) is 0 Å². The van der Waals surface area contributed by atoms with Crippen LogP contribution in [0.2, 0.25) is 0 Å². The summed E-state index contributed by atoms with van der Waals surface area (Å²) in [6, 6.07) is 0. The summed E-state index contributed by atoms with van der Waals surface area (Å²) in [7, 11) is 0. The molecule has 1 N–H and O–H groups in total. The van der Waals surface area contributed by atoms with Gasteiger partial charge in [-0.2, -0.15) is 0 Å². The van der Waals surface area contributed by atoms with Crippen LogP contribution in [0.3, 0.4) is 0 Å². The molecular weight excluding hydrogens is 140 g/mol. The van der Waals surface area contributed by atoms with Crippen molar-refractivity contribution in [2.24, 2.45) is 0 Å². The highest BCUT2D eigenvalue weighted by molar-refractivity contribution is 5.76. The SMILES string of the molecule is CCNC(=O)CC(C)(F)F. The fourth-order valence-corrected chi connectivity index (χ4v) is 0.542. The van der Waals surface area contributed by atoms with Gasteiger partial charge in [0, 0.05) is 6.54 Å². The Morgan fingerprint density at radius 1 is 1.60 bits per heavy atom. The number of rotatable bonds is 3. The maximum absolute atomic E-state index is 12.0. The van der Waals surface area contributed by atoms with Crippen LogP contribution in [-0.4, -0.2) is 18.4 Å². The Morgan fingerprint density at radius 2 is 2.10 bits per heavy atom. The topological polar surface area (TPSA) is 29.1 Å². The highest BCUT2D eigenvalue weighted by Crippen LogP contribution is 2.15. The lowest BCUT2D eigenvalue weighted by molar-refractivity contribution is -0.127. The van der Waals surface area contributed by atoms with Gasteiger partial charge in [0.25, 0.3) is 5.92 Å². The molecule has 0 aromatic carbocycles. The third-order valence-electron chi connectivity index (χ3n) is 0.845. The summed E-state index contributed by atoms with van der Waals surface area (Å²) in [6.07, 6.45) is -0.721. The van der Waals surface area contributed by atoms with Crippen LogP contribution in [0.15, 0.2) is 0 Å². The minimum Gasteiger partial charge on any atom is -0.356 e. The molecular formula is C6H11F2NO. The van der Waals surface area contributed by atoms with Gasteiger partial charge in [0.15, 0.2) is 0 Å². The van der Waals surface area contributed by atoms with Gasteiger partial charge in [-0.25, -0.2) is 8.78 Å². The minimum atomic E-state index is -2.89. The van der Waals surface area contributed by atoms with E-state index >= 15 is 0 Å². The molecule has 0 saturated heterocycles. The van der Waals surface area contributed by atoms with E-state index in [4.69, 9.17) is 0 Å². The van der Waals surface area contributed by atoms with Gasteiger partial charge in [-0.05, 0) is 13.8 Å². The molecule has 2 nitrogen and oxygen atoms in total. The lowest BCUT2D eigenvalue weighted by Crippen LogP contribution is -2.28. The van der Waals surface area contributed by atoms with Gasteiger partial charge < -0.3 is 5.32 Å². The summed E-state index contributed by atoms with van der Waals surface area (Å²) in [5.41, 5.74) is 0. The molecule has 0 saturated carbocycles. The highest BCUT2D eigenvalue weighted by atomic mass is 19.3. The van der Waals surface area contributed by atoms with Gasteiger partial charge >= 0.3 is 0 Å². The van der Waals surface area contributed by atoms with E-state index in [0.717, 1.165) is 6.92 Å². The van der Waals surface area contributed by atoms with E-state index in [-0.39, 0.29) is 0 Å². The van der Waals surface area contributed by atoms with Crippen molar-refractivity contribution >= 4 is 5.91 Å². The molecule has 0 heterocycles. The van der Waals surface area contributed by atoms with Crippen LogP contribution >= 0.6 is 0 Å². The fraction of sp³-hybridized carbons (Fsp3) is 0.833. The second kappa shape index (κ2) is 3.49. The molecule has 0 aliphatic rings. The van der Waals surface area contributed by atoms with E-state index in [0.29, 0.717) is 6.54 Å². The van der Waals surface area contributed by atoms with E-state index in [1.54, 1.807) is 6.92 Å². The summed E-state index contributed by atoms with van der Waals surface area (Å²) >= 11 is 0. The molecule has 0 unspecified atom stereocenters. The van der Waals surface area contributed by atoms with Crippen molar-refractivity contribution in [3.8, 4) is 0 Å². The molecule has 0 atom stereocenters. The number of hydrogen-bond acceptors (Lipinski definition) is 1. The molecule has 0 fully saturated rings. The molecule has 10 heavy (non-hydrogen) atoms. The first-order valence-electron chi connectivity index (χ1n) is 3.10. The average molecular weight is 151 g/mol. The molecule has 0 aliphatic heterocycles. The number of nitrogens with one attached hydrogen (secondary N) is 1. The number of halogens is 2. The van der Waals surface area contributed by atoms with Gasteiger partial charge in [0.1, 0.15) is 0 Å². The molecule has 0 rings (SSSR count). The zero-order chi connectivity index (χ0) is 8.20. The van der Waals surface area contributed by atoms with Crippen molar-refractivity contribution in [3.05, 3.63) is 0 Å². The van der Waals surface area contributed by atoms with Crippen molar-refractivity contribution in [2.75, 3.05) is 6.54 Å². The van der Waals surface area contributed by atoms with Gasteiger partial charge in [-0.15, -0.1) is 0 Å². The Labute approximate surface area is 58.6 Å². The summed E-state index contributed by atoms with van der Waals surface area (Å²) in [5.74, 6) is -3.49. The maximum Gasteiger partial charge on any atom is 0.254 e. The average Bonchev–Trinajstić information content (AvgIpc) is 1.59. The lowest BCUT2D eigenvalue weighted by atomic mass is 10.2. The Hall–Kier alpha value is -0.670. The van der Waals surface area contributed by atoms with E-state index < -0.39 is 18.3 Å². The predicted octanol–water partition coefficient (Wildman–Crippen LogP) is 1.17. The van der Waals surface area contributed by atoms with Gasteiger partial charge in [0.2, 0.25) is 5.91 Å². The van der Waals surface area contributed by atoms with Crippen LogP contribution in [0.1, 0.15) is 20.3 Å². The second-order valence-electron chi connectivity index (χ2n) is 2.20. The monoisotopic (exact) mass is 151 g/mol. The molecule has 4 heteroatoms. The number of alkyl halides is 2. The molecule has 0 spiro atoms. The molecule has 1 amide bonds. The van der Waals surface area contributed by atoms with Crippen LogP contribution in [0.4, 0.5) is 8.78 Å². The van der Waals surface area contributed by atoms with E-state index in [9.17, 15) is 13.6 Å². The van der Waals surface area contributed by atoms with Gasteiger partial charge in [-0.3, -0.25) is 4.79 Å². The van der Waals surface area contributed by atoms with Crippen molar-refractivity contribution < 1.29 is 13.6 Å². The van der Waals surface area contributed by atoms with E-state index in [2.05, 4.69) is 5.32 Å². The van der Waals surface area contributed by atoms with Crippen molar-refractivity contribution in [1.29, 1.82) is 0 Å². The smallest absolute Gasteiger partial charge is 0.254 e. The van der Waals surface area contributed by atoms with Crippen molar-refractivity contribution in [1.82, 2.24) is 5.32 Å². The molecule has 0 aromatic rings. The Balaban J connectivity index is 3.58. The summed E-state index contributed by atoms with van der Waals surface area (Å²) in [5, 5.41) is 2.28. The molecule has 60 valence electrons. The number of amides is 1. The summed E-state index contributed by atoms with van der Waals surface area (Å²) in [6.45, 7) is 2.81. The minimum absolute atomic E-state index is 0.398. The standard InChI is InChI=1S/C6H11F2NO/c1-3-9-5(10)4-6(2,7)8/h3-4H2,1-2H3,(H,9,10). The Bertz CT molecular complexity index is 119. The molecule has 0 aromatic heterocycles. The first-order chi connectivity index (χ1) is 4.45. The van der Waals surface area contributed by atoms with E-state index in [1.807, 2.05) is 0 Å². The van der Waals surface area contributed by atoms with Crippen LogP contribution in [-0.2, 0) is 4.79 Å². The van der Waals surface area contributed by atoms with Crippen molar-refractivity contribution in [2.45, 2.75) is 26.2 Å². The fourth-order valence-electron chi connectivity index (χ4n) is 0.542. The summed E-state index contributed by atoms with van der Waals surface area (Å²) < 4.78 is 24.1. The maximum atomic E-state index is 12.0. The summed E-state index contributed by atoms with van der Waals surface area (Å²) in [4.78, 5) is 10.5. The van der Waals surface area contributed by atoms with Gasteiger partial charge in [0.05, 0.1) is 6.42 Å². The number of carbonyl (C=O) groups excluding carboxylic acids is 1. The molecule has 0 radical (unpaired) electrons. The Morgan fingerprint density at radius 3 is 2.40 bits per heavy atom. The first kappa shape index (κ1) is 9.33. The zero-order valence-corrected chi connectivity index (χ0v) is 6.08. The van der Waals surface area contributed by atoms with Gasteiger partial charge in [-0.1, -0.05) is 0 Å². The largest absolute Gasteiger partial charge is 0.356 e. The van der Waals surface area contributed by atoms with E-state index in [1.165, 1.54) is 0 Å². The van der Waals surface area contributed by atoms with Crippen LogP contribution < -0.4 is 5.32 Å². The molecule has 0 bridgehead atoms. The quantitative estimate of drug-likeness (QED) is 0.644. The Kier molecular flexibility index (Phi) is 3.25. The lowest BCUT2D eigenvalue weighted by Gasteiger charge is -2.08. The highest BCUT2D eigenvalue weighted by Gasteiger charge is 2.24. The van der Waals surface area contributed by atoms with Crippen LogP contribution in [0.5, 0.6) is 0 Å². The first-order valence-corrected chi connectivity index (χ1v) is 3.10. The molecule has 0 aliphatic carbocycles.